The number of amides is 1. The fourth-order valence-corrected chi connectivity index (χ4v) is 4.62. The third-order valence-electron chi connectivity index (χ3n) is 3.57. The molecule has 0 saturated carbocycles. The van der Waals surface area contributed by atoms with E-state index < -0.39 is 0 Å². The maximum absolute atomic E-state index is 12.2. The Bertz CT molecular complexity index is 895. The monoisotopic (exact) mass is 528 g/mol. The van der Waals surface area contributed by atoms with Crippen molar-refractivity contribution >= 4 is 73.1 Å². The quantitative estimate of drug-likeness (QED) is 0.424. The summed E-state index contributed by atoms with van der Waals surface area (Å²) >= 11 is 6.72. The number of amidine groups is 1. The number of nitrogens with one attached hydrogen (secondary N) is 1. The Balaban J connectivity index is 1.86. The summed E-state index contributed by atoms with van der Waals surface area (Å²) in [6.07, 6.45) is 2.65. The van der Waals surface area contributed by atoms with Gasteiger partial charge in [-0.25, -0.2) is 4.99 Å². The molecule has 2 aromatic rings. The number of benzene rings is 2. The van der Waals surface area contributed by atoms with Crippen LogP contribution in [0, 0.1) is 3.57 Å². The molecule has 0 atom stereocenters. The number of hydrogen-bond acceptors (Lipinski definition) is 4. The van der Waals surface area contributed by atoms with E-state index in [4.69, 9.17) is 0 Å². The molecule has 1 amide bonds. The highest BCUT2D eigenvalue weighted by Crippen LogP contribution is 2.34. The van der Waals surface area contributed by atoms with Gasteiger partial charge in [0.25, 0.3) is 5.91 Å². The SMILES string of the molecule is CCc1ccc(N=C2NC(=O)/C(=C/c3cc(Br)cc(I)c3O)S2)cc1. The van der Waals surface area contributed by atoms with Crippen LogP contribution in [0.5, 0.6) is 5.75 Å². The Hall–Kier alpha value is -1.32. The van der Waals surface area contributed by atoms with E-state index in [2.05, 4.69) is 55.8 Å². The second-order valence-corrected chi connectivity index (χ2v) is 8.44. The predicted octanol–water partition coefficient (Wildman–Crippen LogP) is 5.21. The standard InChI is InChI=1S/C18H14BrIN2O2S/c1-2-10-3-5-13(6-4-10)21-18-22-17(24)15(25-18)8-11-7-12(19)9-14(20)16(11)23/h3-9,23H,2H2,1H3,(H,21,22,24)/b15-8-. The highest BCUT2D eigenvalue weighted by Gasteiger charge is 2.24. The Morgan fingerprint density at radius 3 is 2.72 bits per heavy atom. The number of aryl methyl sites for hydroxylation is 1. The lowest BCUT2D eigenvalue weighted by atomic mass is 10.2. The predicted molar refractivity (Wildman–Crippen MR) is 115 cm³/mol. The van der Waals surface area contributed by atoms with Crippen LogP contribution in [0.4, 0.5) is 5.69 Å². The summed E-state index contributed by atoms with van der Waals surface area (Å²) in [6, 6.07) is 11.5. The molecule has 0 radical (unpaired) electrons. The first-order valence-corrected chi connectivity index (χ1v) is 10.2. The Morgan fingerprint density at radius 1 is 1.32 bits per heavy atom. The van der Waals surface area contributed by atoms with Crippen LogP contribution in [0.15, 0.2) is 50.8 Å². The smallest absolute Gasteiger partial charge is 0.264 e. The number of hydrogen-bond donors (Lipinski definition) is 2. The number of carbonyl (C=O) groups excluding carboxylic acids is 1. The normalized spacial score (nSPS) is 17.3. The van der Waals surface area contributed by atoms with Gasteiger partial charge in [-0.05, 0) is 76.7 Å². The molecule has 0 bridgehead atoms. The molecule has 0 aromatic heterocycles. The van der Waals surface area contributed by atoms with Crippen LogP contribution in [-0.4, -0.2) is 16.2 Å². The number of phenolic OH excluding ortho intramolecular Hbond substituents is 1. The summed E-state index contributed by atoms with van der Waals surface area (Å²) < 4.78 is 1.56. The van der Waals surface area contributed by atoms with Crippen molar-refractivity contribution in [2.75, 3.05) is 0 Å². The van der Waals surface area contributed by atoms with Gasteiger partial charge in [0.05, 0.1) is 14.2 Å². The zero-order valence-electron chi connectivity index (χ0n) is 13.2. The molecule has 1 fully saturated rings. The molecule has 1 heterocycles. The largest absolute Gasteiger partial charge is 0.506 e. The van der Waals surface area contributed by atoms with Crippen LogP contribution in [-0.2, 0) is 11.2 Å². The summed E-state index contributed by atoms with van der Waals surface area (Å²) in [6.45, 7) is 2.10. The summed E-state index contributed by atoms with van der Waals surface area (Å²) in [4.78, 5) is 17.1. The minimum atomic E-state index is -0.219. The first kappa shape index (κ1) is 18.5. The zero-order chi connectivity index (χ0) is 18.0. The molecular formula is C18H14BrIN2O2S. The van der Waals surface area contributed by atoms with E-state index in [0.717, 1.165) is 16.6 Å². The molecule has 2 N–H and O–H groups in total. The first-order valence-electron chi connectivity index (χ1n) is 7.53. The van der Waals surface area contributed by atoms with Gasteiger partial charge in [-0.15, -0.1) is 0 Å². The molecule has 4 nitrogen and oxygen atoms in total. The number of halogens is 2. The van der Waals surface area contributed by atoms with Crippen molar-refractivity contribution < 1.29 is 9.90 Å². The number of aromatic hydroxyl groups is 1. The van der Waals surface area contributed by atoms with Crippen molar-refractivity contribution in [2.24, 2.45) is 4.99 Å². The van der Waals surface area contributed by atoms with Crippen LogP contribution >= 0.6 is 50.3 Å². The van der Waals surface area contributed by atoms with Crippen molar-refractivity contribution in [1.82, 2.24) is 5.32 Å². The maximum Gasteiger partial charge on any atom is 0.264 e. The average molecular weight is 529 g/mol. The van der Waals surface area contributed by atoms with E-state index in [-0.39, 0.29) is 11.7 Å². The second-order valence-electron chi connectivity index (χ2n) is 5.33. The lowest BCUT2D eigenvalue weighted by molar-refractivity contribution is -0.115. The van der Waals surface area contributed by atoms with Gasteiger partial charge in [0, 0.05) is 10.0 Å². The van der Waals surface area contributed by atoms with Crippen LogP contribution < -0.4 is 5.32 Å². The van der Waals surface area contributed by atoms with E-state index in [9.17, 15) is 9.90 Å². The van der Waals surface area contributed by atoms with Crippen LogP contribution in [0.3, 0.4) is 0 Å². The number of aliphatic imine (C=N–C) groups is 1. The van der Waals surface area contributed by atoms with Crippen LogP contribution in [0.2, 0.25) is 0 Å². The minimum Gasteiger partial charge on any atom is -0.506 e. The van der Waals surface area contributed by atoms with Gasteiger partial charge in [-0.1, -0.05) is 35.0 Å². The third kappa shape index (κ3) is 4.45. The van der Waals surface area contributed by atoms with Gasteiger partial charge in [-0.2, -0.15) is 0 Å². The van der Waals surface area contributed by atoms with Crippen LogP contribution in [0.25, 0.3) is 6.08 Å². The Kier molecular flexibility index (Phi) is 5.85. The van der Waals surface area contributed by atoms with E-state index in [1.165, 1.54) is 17.3 Å². The number of rotatable bonds is 3. The summed E-state index contributed by atoms with van der Waals surface area (Å²) in [5.74, 6) is -0.0615. The van der Waals surface area contributed by atoms with Crippen molar-refractivity contribution in [1.29, 1.82) is 0 Å². The topological polar surface area (TPSA) is 61.7 Å². The van der Waals surface area contributed by atoms with Gasteiger partial charge in [0.1, 0.15) is 5.75 Å². The number of phenols is 1. The van der Waals surface area contributed by atoms with Gasteiger partial charge in [0.2, 0.25) is 0 Å². The zero-order valence-corrected chi connectivity index (χ0v) is 17.8. The molecule has 0 aliphatic carbocycles. The maximum atomic E-state index is 12.2. The summed E-state index contributed by atoms with van der Waals surface area (Å²) in [7, 11) is 0. The van der Waals surface area contributed by atoms with Gasteiger partial charge >= 0.3 is 0 Å². The highest BCUT2D eigenvalue weighted by atomic mass is 127. The van der Waals surface area contributed by atoms with Gasteiger partial charge < -0.3 is 10.4 Å². The summed E-state index contributed by atoms with van der Waals surface area (Å²) in [5.41, 5.74) is 2.62. The fraction of sp³-hybridized carbons (Fsp3) is 0.111. The van der Waals surface area contributed by atoms with E-state index in [0.29, 0.717) is 19.2 Å². The molecule has 1 aliphatic heterocycles. The Labute approximate surface area is 172 Å². The third-order valence-corrected chi connectivity index (χ3v) is 5.76. The van der Waals surface area contributed by atoms with Crippen molar-refractivity contribution in [3.8, 4) is 5.75 Å². The van der Waals surface area contributed by atoms with Crippen molar-refractivity contribution in [2.45, 2.75) is 13.3 Å². The average Bonchev–Trinajstić information content (AvgIpc) is 2.92. The van der Waals surface area contributed by atoms with Gasteiger partial charge in [0.15, 0.2) is 5.17 Å². The van der Waals surface area contributed by atoms with Crippen LogP contribution in [0.1, 0.15) is 18.1 Å². The number of carbonyl (C=O) groups is 1. The molecule has 25 heavy (non-hydrogen) atoms. The summed E-state index contributed by atoms with van der Waals surface area (Å²) in [5, 5.41) is 13.5. The second kappa shape index (κ2) is 7.92. The lowest BCUT2D eigenvalue weighted by Crippen LogP contribution is -2.19. The molecular weight excluding hydrogens is 515 g/mol. The molecule has 7 heteroatoms. The highest BCUT2D eigenvalue weighted by molar-refractivity contribution is 14.1. The molecule has 1 aliphatic rings. The van der Waals surface area contributed by atoms with E-state index in [1.807, 2.05) is 30.3 Å². The molecule has 0 unspecified atom stereocenters. The molecule has 2 aromatic carbocycles. The molecule has 3 rings (SSSR count). The van der Waals surface area contributed by atoms with E-state index >= 15 is 0 Å². The van der Waals surface area contributed by atoms with E-state index in [1.54, 1.807) is 12.1 Å². The number of nitrogens with zero attached hydrogens (tertiary/aromatic N) is 1. The first-order chi connectivity index (χ1) is 12.0. The Morgan fingerprint density at radius 2 is 2.04 bits per heavy atom. The molecule has 0 spiro atoms. The molecule has 128 valence electrons. The molecule has 1 saturated heterocycles. The number of thioether (sulfide) groups is 1. The fourth-order valence-electron chi connectivity index (χ4n) is 2.24. The lowest BCUT2D eigenvalue weighted by Gasteiger charge is -2.03. The van der Waals surface area contributed by atoms with Crippen molar-refractivity contribution in [3.05, 3.63) is 60.5 Å². The minimum absolute atomic E-state index is 0.158. The van der Waals surface area contributed by atoms with Crippen molar-refractivity contribution in [3.63, 3.8) is 0 Å². The van der Waals surface area contributed by atoms with Gasteiger partial charge in [-0.3, -0.25) is 4.79 Å².